The Bertz CT molecular complexity index is 436. The van der Waals surface area contributed by atoms with E-state index < -0.39 is 0 Å². The predicted molar refractivity (Wildman–Crippen MR) is 54.5 cm³/mol. The van der Waals surface area contributed by atoms with Gasteiger partial charge in [-0.2, -0.15) is 5.10 Å². The first-order valence-corrected chi connectivity index (χ1v) is 4.24. The Morgan fingerprint density at radius 1 is 1.43 bits per heavy atom. The van der Waals surface area contributed by atoms with Crippen molar-refractivity contribution in [2.24, 2.45) is 0 Å². The highest BCUT2D eigenvalue weighted by Gasteiger charge is 1.99. The topological polar surface area (TPSA) is 53.1 Å². The number of nitrogens with zero attached hydrogens (tertiary/aromatic N) is 2. The molecule has 14 heavy (non-hydrogen) atoms. The summed E-state index contributed by atoms with van der Waals surface area (Å²) in [6.07, 6.45) is 3.37. The van der Waals surface area contributed by atoms with Gasteiger partial charge in [0.15, 0.2) is 0 Å². The minimum Gasteiger partial charge on any atom is -0.497 e. The minimum absolute atomic E-state index is 0.646. The maximum Gasteiger partial charge on any atom is 0.121 e. The summed E-state index contributed by atoms with van der Waals surface area (Å²) in [5.74, 6) is 0.802. The van der Waals surface area contributed by atoms with Crippen LogP contribution in [0.2, 0.25) is 0 Å². The van der Waals surface area contributed by atoms with Crippen molar-refractivity contribution in [3.8, 4) is 11.4 Å². The van der Waals surface area contributed by atoms with Crippen LogP contribution in [0.4, 0.5) is 5.69 Å². The second kappa shape index (κ2) is 3.41. The van der Waals surface area contributed by atoms with Crippen molar-refractivity contribution in [3.05, 3.63) is 36.7 Å². The molecule has 0 atom stereocenters. The lowest BCUT2D eigenvalue weighted by Crippen LogP contribution is -1.94. The third-order valence-electron chi connectivity index (χ3n) is 1.92. The maximum absolute atomic E-state index is 5.57. The first-order valence-electron chi connectivity index (χ1n) is 4.24. The number of ether oxygens (including phenoxy) is 1. The summed E-state index contributed by atoms with van der Waals surface area (Å²) in [5.41, 5.74) is 7.15. The molecule has 0 radical (unpaired) electrons. The molecule has 72 valence electrons. The van der Waals surface area contributed by atoms with Gasteiger partial charge in [-0.3, -0.25) is 0 Å². The van der Waals surface area contributed by atoms with Gasteiger partial charge in [0, 0.05) is 6.07 Å². The molecule has 0 amide bonds. The highest BCUT2D eigenvalue weighted by Crippen LogP contribution is 2.16. The van der Waals surface area contributed by atoms with Crippen LogP contribution >= 0.6 is 0 Å². The summed E-state index contributed by atoms with van der Waals surface area (Å²) in [5, 5.41) is 4.10. The van der Waals surface area contributed by atoms with Gasteiger partial charge >= 0.3 is 0 Å². The van der Waals surface area contributed by atoms with Crippen LogP contribution in [-0.4, -0.2) is 16.9 Å². The number of methoxy groups -OCH3 is 1. The summed E-state index contributed by atoms with van der Waals surface area (Å²) in [7, 11) is 1.64. The molecule has 0 unspecified atom stereocenters. The van der Waals surface area contributed by atoms with E-state index in [1.54, 1.807) is 24.2 Å². The highest BCUT2D eigenvalue weighted by molar-refractivity contribution is 5.41. The van der Waals surface area contributed by atoms with E-state index in [4.69, 9.17) is 10.5 Å². The van der Waals surface area contributed by atoms with E-state index in [9.17, 15) is 0 Å². The van der Waals surface area contributed by atoms with E-state index in [-0.39, 0.29) is 0 Å². The molecule has 0 spiro atoms. The average molecular weight is 189 g/mol. The lowest BCUT2D eigenvalue weighted by atomic mass is 10.3. The number of anilines is 1. The van der Waals surface area contributed by atoms with Crippen molar-refractivity contribution in [1.29, 1.82) is 0 Å². The van der Waals surface area contributed by atoms with E-state index in [1.807, 2.05) is 24.3 Å². The van der Waals surface area contributed by atoms with E-state index in [0.717, 1.165) is 11.4 Å². The van der Waals surface area contributed by atoms with Crippen LogP contribution in [0.1, 0.15) is 0 Å². The van der Waals surface area contributed by atoms with Crippen molar-refractivity contribution in [3.63, 3.8) is 0 Å². The van der Waals surface area contributed by atoms with Gasteiger partial charge in [-0.05, 0) is 12.1 Å². The molecule has 0 aliphatic heterocycles. The van der Waals surface area contributed by atoms with Gasteiger partial charge in [-0.1, -0.05) is 6.07 Å². The van der Waals surface area contributed by atoms with Crippen LogP contribution in [0.3, 0.4) is 0 Å². The lowest BCUT2D eigenvalue weighted by Gasteiger charge is -2.03. The van der Waals surface area contributed by atoms with Gasteiger partial charge in [0.2, 0.25) is 0 Å². The molecule has 1 aromatic carbocycles. The first-order chi connectivity index (χ1) is 6.79. The Morgan fingerprint density at radius 2 is 2.29 bits per heavy atom. The zero-order valence-corrected chi connectivity index (χ0v) is 7.84. The molecular formula is C10H11N3O. The monoisotopic (exact) mass is 189 g/mol. The fraction of sp³-hybridized carbons (Fsp3) is 0.100. The molecule has 0 saturated heterocycles. The zero-order chi connectivity index (χ0) is 9.97. The van der Waals surface area contributed by atoms with Gasteiger partial charge in [0.05, 0.1) is 30.9 Å². The molecule has 0 aliphatic rings. The van der Waals surface area contributed by atoms with Gasteiger partial charge in [-0.25, -0.2) is 4.68 Å². The Labute approximate surface area is 81.9 Å². The molecule has 2 rings (SSSR count). The highest BCUT2D eigenvalue weighted by atomic mass is 16.5. The number of hydrogen-bond acceptors (Lipinski definition) is 3. The molecule has 1 aromatic heterocycles. The molecule has 2 N–H and O–H groups in total. The molecule has 0 aliphatic carbocycles. The Morgan fingerprint density at radius 3 is 2.93 bits per heavy atom. The number of benzene rings is 1. The van der Waals surface area contributed by atoms with Gasteiger partial charge in [0.1, 0.15) is 5.75 Å². The molecule has 2 aromatic rings. The lowest BCUT2D eigenvalue weighted by molar-refractivity contribution is 0.414. The number of nitrogen functional groups attached to an aromatic ring is 1. The summed E-state index contributed by atoms with van der Waals surface area (Å²) in [6, 6.07) is 7.63. The molecule has 0 bridgehead atoms. The number of aromatic nitrogens is 2. The Balaban J connectivity index is 2.41. The van der Waals surface area contributed by atoms with Crippen molar-refractivity contribution in [2.75, 3.05) is 12.8 Å². The molecule has 4 nitrogen and oxygen atoms in total. The standard InChI is InChI=1S/C10H11N3O/c1-14-10-4-2-3-9(5-10)13-7-8(11)6-12-13/h2-7H,11H2,1H3. The van der Waals surface area contributed by atoms with Gasteiger partial charge in [0.25, 0.3) is 0 Å². The van der Waals surface area contributed by atoms with Crippen LogP contribution in [0, 0.1) is 0 Å². The van der Waals surface area contributed by atoms with E-state index in [1.165, 1.54) is 0 Å². The number of hydrogen-bond donors (Lipinski definition) is 1. The van der Waals surface area contributed by atoms with Crippen LogP contribution in [0.5, 0.6) is 5.75 Å². The van der Waals surface area contributed by atoms with E-state index >= 15 is 0 Å². The van der Waals surface area contributed by atoms with Crippen molar-refractivity contribution in [2.45, 2.75) is 0 Å². The molecule has 4 heteroatoms. The number of nitrogens with two attached hydrogens (primary N) is 1. The van der Waals surface area contributed by atoms with Crippen LogP contribution in [-0.2, 0) is 0 Å². The average Bonchev–Trinajstić information content (AvgIpc) is 2.65. The molecular weight excluding hydrogens is 178 g/mol. The third kappa shape index (κ3) is 1.54. The second-order valence-electron chi connectivity index (χ2n) is 2.92. The smallest absolute Gasteiger partial charge is 0.121 e. The fourth-order valence-electron chi connectivity index (χ4n) is 1.23. The zero-order valence-electron chi connectivity index (χ0n) is 7.84. The van der Waals surface area contributed by atoms with Crippen LogP contribution in [0.15, 0.2) is 36.7 Å². The van der Waals surface area contributed by atoms with Crippen LogP contribution < -0.4 is 10.5 Å². The van der Waals surface area contributed by atoms with E-state index in [2.05, 4.69) is 5.10 Å². The number of rotatable bonds is 2. The van der Waals surface area contributed by atoms with Gasteiger partial charge in [-0.15, -0.1) is 0 Å². The second-order valence-corrected chi connectivity index (χ2v) is 2.92. The van der Waals surface area contributed by atoms with Crippen molar-refractivity contribution >= 4 is 5.69 Å². The maximum atomic E-state index is 5.57. The van der Waals surface area contributed by atoms with E-state index in [0.29, 0.717) is 5.69 Å². The normalized spacial score (nSPS) is 10.1. The summed E-state index contributed by atoms with van der Waals surface area (Å²) >= 11 is 0. The Hall–Kier alpha value is -1.97. The van der Waals surface area contributed by atoms with Gasteiger partial charge < -0.3 is 10.5 Å². The summed E-state index contributed by atoms with van der Waals surface area (Å²) < 4.78 is 6.82. The quantitative estimate of drug-likeness (QED) is 0.778. The molecule has 0 saturated carbocycles. The summed E-state index contributed by atoms with van der Waals surface area (Å²) in [6.45, 7) is 0. The Kier molecular flexibility index (Phi) is 2.10. The predicted octanol–water partition coefficient (Wildman–Crippen LogP) is 1.46. The van der Waals surface area contributed by atoms with Crippen LogP contribution in [0.25, 0.3) is 5.69 Å². The summed E-state index contributed by atoms with van der Waals surface area (Å²) in [4.78, 5) is 0. The molecule has 1 heterocycles. The van der Waals surface area contributed by atoms with Crippen molar-refractivity contribution in [1.82, 2.24) is 9.78 Å². The fourth-order valence-corrected chi connectivity index (χ4v) is 1.23. The SMILES string of the molecule is COc1cccc(-n2cc(N)cn2)c1. The first kappa shape index (κ1) is 8.62. The molecule has 0 fully saturated rings. The third-order valence-corrected chi connectivity index (χ3v) is 1.92. The minimum atomic E-state index is 0.646. The largest absolute Gasteiger partial charge is 0.497 e. The van der Waals surface area contributed by atoms with Crippen molar-refractivity contribution < 1.29 is 4.74 Å².